The summed E-state index contributed by atoms with van der Waals surface area (Å²) < 4.78 is 27.2. The molecular formula is C25H27F2NO3. The van der Waals surface area contributed by atoms with Crippen LogP contribution in [0.4, 0.5) is 8.78 Å². The van der Waals surface area contributed by atoms with Gasteiger partial charge in [-0.05, 0) is 66.4 Å². The first kappa shape index (κ1) is 22.9. The lowest BCUT2D eigenvalue weighted by atomic mass is 10.0. The van der Waals surface area contributed by atoms with Crippen molar-refractivity contribution in [3.05, 3.63) is 101 Å². The fourth-order valence-electron chi connectivity index (χ4n) is 3.62. The highest BCUT2D eigenvalue weighted by Gasteiger charge is 2.23. The summed E-state index contributed by atoms with van der Waals surface area (Å²) in [5, 5.41) is 30.9. The Morgan fingerprint density at radius 1 is 0.774 bits per heavy atom. The van der Waals surface area contributed by atoms with E-state index in [1.807, 2.05) is 24.0 Å². The number of rotatable bonds is 9. The smallest absolute Gasteiger partial charge is 0.123 e. The van der Waals surface area contributed by atoms with Crippen LogP contribution in [0.15, 0.2) is 72.8 Å². The molecule has 0 aliphatic heterocycles. The van der Waals surface area contributed by atoms with E-state index in [-0.39, 0.29) is 24.9 Å². The third kappa shape index (κ3) is 6.59. The monoisotopic (exact) mass is 427 g/mol. The molecule has 0 aliphatic rings. The quantitative estimate of drug-likeness (QED) is 0.475. The Bertz CT molecular complexity index is 927. The summed E-state index contributed by atoms with van der Waals surface area (Å²) in [6.07, 6.45) is -1.32. The van der Waals surface area contributed by atoms with E-state index >= 15 is 0 Å². The molecule has 0 heterocycles. The number of hydrogen-bond donors (Lipinski definition) is 3. The Morgan fingerprint density at radius 3 is 1.71 bits per heavy atom. The summed E-state index contributed by atoms with van der Waals surface area (Å²) in [5.74, 6) is -0.684. The predicted octanol–water partition coefficient (Wildman–Crippen LogP) is 4.37. The zero-order valence-electron chi connectivity index (χ0n) is 17.3. The second-order valence-corrected chi connectivity index (χ2v) is 7.82. The van der Waals surface area contributed by atoms with Gasteiger partial charge in [-0.1, -0.05) is 36.4 Å². The summed E-state index contributed by atoms with van der Waals surface area (Å²) >= 11 is 0. The molecule has 164 valence electrons. The number of aliphatic hydroxyl groups excluding tert-OH is 2. The van der Waals surface area contributed by atoms with Crippen LogP contribution < -0.4 is 0 Å². The standard InChI is InChI=1S/C25H27F2NO3/c1-17(12-18-8-10-23(29)11-9-18)28(15-24(30)19-4-2-6-21(26)13-19)16-25(31)20-5-3-7-22(27)14-20/h2-11,13-14,17,24-25,29-31H,12,15-16H2,1H3/t17?,24-,25?/m0/s1. The van der Waals surface area contributed by atoms with Gasteiger partial charge in [0.1, 0.15) is 17.4 Å². The van der Waals surface area contributed by atoms with Gasteiger partial charge in [0.15, 0.2) is 0 Å². The first-order valence-corrected chi connectivity index (χ1v) is 10.2. The molecule has 3 aromatic carbocycles. The van der Waals surface area contributed by atoms with E-state index in [2.05, 4.69) is 0 Å². The number of hydrogen-bond acceptors (Lipinski definition) is 4. The van der Waals surface area contributed by atoms with Crippen LogP contribution in [0.25, 0.3) is 0 Å². The summed E-state index contributed by atoms with van der Waals surface area (Å²) in [6, 6.07) is 18.3. The molecule has 0 aromatic heterocycles. The van der Waals surface area contributed by atoms with E-state index in [4.69, 9.17) is 0 Å². The number of phenols is 1. The highest BCUT2D eigenvalue weighted by Crippen LogP contribution is 2.23. The SMILES string of the molecule is CC(Cc1ccc(O)cc1)N(CC(O)c1cccc(F)c1)C[C@H](O)c1cccc(F)c1. The lowest BCUT2D eigenvalue weighted by Gasteiger charge is -2.33. The second kappa shape index (κ2) is 10.5. The third-order valence-corrected chi connectivity index (χ3v) is 5.37. The van der Waals surface area contributed by atoms with Crippen molar-refractivity contribution in [3.8, 4) is 5.75 Å². The van der Waals surface area contributed by atoms with Crippen molar-refractivity contribution in [1.29, 1.82) is 0 Å². The van der Waals surface area contributed by atoms with Gasteiger partial charge in [0.05, 0.1) is 12.2 Å². The van der Waals surface area contributed by atoms with Crippen molar-refractivity contribution in [2.24, 2.45) is 0 Å². The van der Waals surface area contributed by atoms with Crippen LogP contribution in [0.3, 0.4) is 0 Å². The fourth-order valence-corrected chi connectivity index (χ4v) is 3.62. The van der Waals surface area contributed by atoms with E-state index in [9.17, 15) is 24.1 Å². The maximum atomic E-state index is 13.6. The molecule has 0 bridgehead atoms. The van der Waals surface area contributed by atoms with Gasteiger partial charge in [-0.2, -0.15) is 0 Å². The molecule has 0 saturated carbocycles. The zero-order chi connectivity index (χ0) is 22.4. The molecule has 31 heavy (non-hydrogen) atoms. The topological polar surface area (TPSA) is 63.9 Å². The minimum Gasteiger partial charge on any atom is -0.508 e. The Morgan fingerprint density at radius 2 is 1.26 bits per heavy atom. The highest BCUT2D eigenvalue weighted by atomic mass is 19.1. The number of aromatic hydroxyl groups is 1. The van der Waals surface area contributed by atoms with Gasteiger partial charge < -0.3 is 15.3 Å². The second-order valence-electron chi connectivity index (χ2n) is 7.82. The maximum Gasteiger partial charge on any atom is 0.123 e. The fraction of sp³-hybridized carbons (Fsp3) is 0.280. The third-order valence-electron chi connectivity index (χ3n) is 5.37. The molecule has 6 heteroatoms. The van der Waals surface area contributed by atoms with Crippen molar-refractivity contribution < 1.29 is 24.1 Å². The minimum atomic E-state index is -0.960. The number of phenolic OH excluding ortho intramolecular Hbond substituents is 1. The minimum absolute atomic E-state index is 0.101. The van der Waals surface area contributed by atoms with Crippen LogP contribution in [0.1, 0.15) is 35.8 Å². The molecule has 0 spiro atoms. The van der Waals surface area contributed by atoms with E-state index in [0.29, 0.717) is 17.5 Å². The van der Waals surface area contributed by atoms with Gasteiger partial charge in [-0.15, -0.1) is 0 Å². The van der Waals surface area contributed by atoms with Crippen LogP contribution in [-0.2, 0) is 6.42 Å². The molecule has 0 radical (unpaired) electrons. The number of aliphatic hydroxyl groups is 2. The lowest BCUT2D eigenvalue weighted by Crippen LogP contribution is -2.40. The van der Waals surface area contributed by atoms with Gasteiger partial charge >= 0.3 is 0 Å². The normalized spacial score (nSPS) is 14.4. The first-order valence-electron chi connectivity index (χ1n) is 10.2. The van der Waals surface area contributed by atoms with Crippen molar-refractivity contribution in [1.82, 2.24) is 4.90 Å². The highest BCUT2D eigenvalue weighted by molar-refractivity contribution is 5.26. The lowest BCUT2D eigenvalue weighted by molar-refractivity contribution is 0.0478. The van der Waals surface area contributed by atoms with E-state index < -0.39 is 23.8 Å². The number of benzene rings is 3. The number of nitrogens with zero attached hydrogens (tertiary/aromatic N) is 1. The predicted molar refractivity (Wildman–Crippen MR) is 116 cm³/mol. The van der Waals surface area contributed by atoms with Crippen molar-refractivity contribution in [2.75, 3.05) is 13.1 Å². The summed E-state index contributed by atoms with van der Waals surface area (Å²) in [4.78, 5) is 1.90. The Hall–Kier alpha value is -2.80. The van der Waals surface area contributed by atoms with Gasteiger partial charge in [0, 0.05) is 19.1 Å². The van der Waals surface area contributed by atoms with Crippen LogP contribution >= 0.6 is 0 Å². The molecular weight excluding hydrogens is 400 g/mol. The molecule has 0 amide bonds. The van der Waals surface area contributed by atoms with E-state index in [1.54, 1.807) is 36.4 Å². The largest absolute Gasteiger partial charge is 0.508 e. The summed E-state index contributed by atoms with van der Waals surface area (Å²) in [5.41, 5.74) is 1.87. The molecule has 3 aromatic rings. The Labute approximate surface area is 181 Å². The maximum absolute atomic E-state index is 13.6. The van der Waals surface area contributed by atoms with Crippen LogP contribution in [0.5, 0.6) is 5.75 Å². The van der Waals surface area contributed by atoms with Crippen LogP contribution in [-0.4, -0.2) is 39.4 Å². The average molecular weight is 427 g/mol. The molecule has 3 N–H and O–H groups in total. The van der Waals surface area contributed by atoms with E-state index in [1.165, 1.54) is 24.3 Å². The molecule has 4 nitrogen and oxygen atoms in total. The Kier molecular flexibility index (Phi) is 7.74. The first-order chi connectivity index (χ1) is 14.8. The molecule has 0 fully saturated rings. The molecule has 0 aliphatic carbocycles. The zero-order valence-corrected chi connectivity index (χ0v) is 17.3. The number of halogens is 2. The average Bonchev–Trinajstić information content (AvgIpc) is 2.74. The molecule has 2 unspecified atom stereocenters. The van der Waals surface area contributed by atoms with Gasteiger partial charge in [-0.3, -0.25) is 4.90 Å². The van der Waals surface area contributed by atoms with Gasteiger partial charge in [-0.25, -0.2) is 8.78 Å². The van der Waals surface area contributed by atoms with Gasteiger partial charge in [0.25, 0.3) is 0 Å². The molecule has 0 saturated heterocycles. The Balaban J connectivity index is 1.78. The summed E-state index contributed by atoms with van der Waals surface area (Å²) in [6.45, 7) is 2.29. The molecule has 3 atom stereocenters. The van der Waals surface area contributed by atoms with Crippen LogP contribution in [0.2, 0.25) is 0 Å². The van der Waals surface area contributed by atoms with Crippen molar-refractivity contribution >= 4 is 0 Å². The van der Waals surface area contributed by atoms with Gasteiger partial charge in [0.2, 0.25) is 0 Å². The van der Waals surface area contributed by atoms with Crippen LogP contribution in [0, 0.1) is 11.6 Å². The van der Waals surface area contributed by atoms with E-state index in [0.717, 1.165) is 5.56 Å². The molecule has 3 rings (SSSR count). The van der Waals surface area contributed by atoms with Crippen molar-refractivity contribution in [3.63, 3.8) is 0 Å². The van der Waals surface area contributed by atoms with Crippen molar-refractivity contribution in [2.45, 2.75) is 31.6 Å². The summed E-state index contributed by atoms with van der Waals surface area (Å²) in [7, 11) is 0.